The van der Waals surface area contributed by atoms with Crippen molar-refractivity contribution in [2.24, 2.45) is 5.41 Å². The molecule has 1 N–H and O–H groups in total. The first-order chi connectivity index (χ1) is 11.1. The van der Waals surface area contributed by atoms with Crippen molar-refractivity contribution in [2.75, 3.05) is 6.61 Å². The van der Waals surface area contributed by atoms with E-state index in [9.17, 15) is 5.11 Å². The van der Waals surface area contributed by atoms with Crippen LogP contribution in [0.25, 0.3) is 0 Å². The molecule has 0 amide bonds. The van der Waals surface area contributed by atoms with Crippen LogP contribution in [0.4, 0.5) is 0 Å². The Labute approximate surface area is 144 Å². The van der Waals surface area contributed by atoms with Crippen molar-refractivity contribution in [1.29, 1.82) is 0 Å². The van der Waals surface area contributed by atoms with Crippen molar-refractivity contribution in [1.82, 2.24) is 0 Å². The Bertz CT molecular complexity index is 394. The maximum absolute atomic E-state index is 9.17. The second-order valence-electron chi connectivity index (χ2n) is 6.57. The van der Waals surface area contributed by atoms with Gasteiger partial charge in [-0.05, 0) is 50.4 Å². The molecule has 0 atom stereocenters. The Morgan fingerprint density at radius 1 is 0.652 bits per heavy atom. The summed E-state index contributed by atoms with van der Waals surface area (Å²) in [5.74, 6) is 0. The normalized spacial score (nSPS) is 13.7. The number of hydrogen-bond acceptors (Lipinski definition) is 1. The minimum atomic E-state index is 0.0473. The van der Waals surface area contributed by atoms with Crippen LogP contribution in [0.15, 0.2) is 60.8 Å². The third-order valence-electron chi connectivity index (χ3n) is 3.57. The molecule has 0 radical (unpaired) electrons. The molecule has 0 heterocycles. The van der Waals surface area contributed by atoms with Gasteiger partial charge in [0.1, 0.15) is 0 Å². The quantitative estimate of drug-likeness (QED) is 0.383. The van der Waals surface area contributed by atoms with Gasteiger partial charge in [-0.25, -0.2) is 0 Å². The van der Waals surface area contributed by atoms with Crippen molar-refractivity contribution in [3.63, 3.8) is 0 Å². The molecule has 0 aromatic heterocycles. The van der Waals surface area contributed by atoms with Gasteiger partial charge in [-0.2, -0.15) is 0 Å². The highest BCUT2D eigenvalue weighted by atomic mass is 16.3. The molecule has 130 valence electrons. The summed E-state index contributed by atoms with van der Waals surface area (Å²) in [4.78, 5) is 0. The van der Waals surface area contributed by atoms with Gasteiger partial charge in [-0.3, -0.25) is 0 Å². The van der Waals surface area contributed by atoms with Crippen LogP contribution in [-0.4, -0.2) is 11.7 Å². The number of allylic oxidation sites excluding steroid dienone is 10. The highest BCUT2D eigenvalue weighted by molar-refractivity contribution is 5.00. The van der Waals surface area contributed by atoms with Crippen molar-refractivity contribution < 1.29 is 5.11 Å². The minimum Gasteiger partial charge on any atom is -0.396 e. The maximum atomic E-state index is 9.17. The summed E-state index contributed by atoms with van der Waals surface area (Å²) in [5, 5.41) is 9.17. The van der Waals surface area contributed by atoms with Gasteiger partial charge in [0.25, 0.3) is 0 Å². The third kappa shape index (κ3) is 16.9. The number of rotatable bonds is 13. The molecule has 0 unspecified atom stereocenters. The molecule has 0 aromatic rings. The van der Waals surface area contributed by atoms with E-state index in [0.717, 1.165) is 44.9 Å². The summed E-state index contributed by atoms with van der Waals surface area (Å²) in [6.45, 7) is 6.62. The minimum absolute atomic E-state index is 0.0473. The second kappa shape index (κ2) is 15.6. The molecule has 0 aromatic carbocycles. The fourth-order valence-corrected chi connectivity index (χ4v) is 1.92. The Morgan fingerprint density at radius 2 is 1.04 bits per heavy atom. The van der Waals surface area contributed by atoms with E-state index in [1.807, 2.05) is 0 Å². The summed E-state index contributed by atoms with van der Waals surface area (Å²) in [5.41, 5.74) is 0.0473. The topological polar surface area (TPSA) is 20.2 Å². The molecule has 0 spiro atoms. The number of aliphatic hydroxyl groups excluding tert-OH is 1. The molecule has 0 aliphatic carbocycles. The lowest BCUT2D eigenvalue weighted by atomic mass is 9.89. The monoisotopic (exact) mass is 316 g/mol. The van der Waals surface area contributed by atoms with E-state index in [0.29, 0.717) is 0 Å². The van der Waals surface area contributed by atoms with Crippen LogP contribution < -0.4 is 0 Å². The predicted molar refractivity (Wildman–Crippen MR) is 105 cm³/mol. The van der Waals surface area contributed by atoms with Gasteiger partial charge in [0.15, 0.2) is 0 Å². The highest BCUT2D eigenvalue weighted by Gasteiger charge is 2.14. The SMILES string of the molecule is CC/C=C\C/C=C\C/C=C\C/C=C\C/C=C\CCC(C)(C)CO. The van der Waals surface area contributed by atoms with Gasteiger partial charge in [0, 0.05) is 6.61 Å². The third-order valence-corrected chi connectivity index (χ3v) is 3.57. The average molecular weight is 317 g/mol. The molecule has 0 aliphatic heterocycles. The van der Waals surface area contributed by atoms with E-state index >= 15 is 0 Å². The van der Waals surface area contributed by atoms with Crippen LogP contribution in [0.5, 0.6) is 0 Å². The molecular formula is C22H36O. The Hall–Kier alpha value is -1.34. The summed E-state index contributed by atoms with van der Waals surface area (Å²) >= 11 is 0. The first-order valence-electron chi connectivity index (χ1n) is 8.98. The molecule has 0 saturated carbocycles. The molecular weight excluding hydrogens is 280 g/mol. The Morgan fingerprint density at radius 3 is 1.43 bits per heavy atom. The van der Waals surface area contributed by atoms with Gasteiger partial charge in [0.05, 0.1) is 0 Å². The van der Waals surface area contributed by atoms with Crippen LogP contribution in [0.1, 0.15) is 65.7 Å². The van der Waals surface area contributed by atoms with Crippen LogP contribution in [0.2, 0.25) is 0 Å². The zero-order valence-electron chi connectivity index (χ0n) is 15.4. The largest absolute Gasteiger partial charge is 0.396 e. The Balaban J connectivity index is 3.56. The van der Waals surface area contributed by atoms with E-state index in [4.69, 9.17) is 0 Å². The fraction of sp³-hybridized carbons (Fsp3) is 0.545. The predicted octanol–water partition coefficient (Wildman–Crippen LogP) is 6.54. The Kier molecular flexibility index (Phi) is 14.6. The summed E-state index contributed by atoms with van der Waals surface area (Å²) in [7, 11) is 0. The molecule has 1 nitrogen and oxygen atoms in total. The van der Waals surface area contributed by atoms with Crippen molar-refractivity contribution in [3.8, 4) is 0 Å². The lowest BCUT2D eigenvalue weighted by molar-refractivity contribution is 0.151. The fourth-order valence-electron chi connectivity index (χ4n) is 1.92. The molecule has 0 saturated heterocycles. The molecule has 23 heavy (non-hydrogen) atoms. The van der Waals surface area contributed by atoms with Crippen molar-refractivity contribution >= 4 is 0 Å². The smallest absolute Gasteiger partial charge is 0.0482 e. The van der Waals surface area contributed by atoms with Gasteiger partial charge in [-0.15, -0.1) is 0 Å². The van der Waals surface area contributed by atoms with E-state index < -0.39 is 0 Å². The van der Waals surface area contributed by atoms with Gasteiger partial charge >= 0.3 is 0 Å². The summed E-state index contributed by atoms with van der Waals surface area (Å²) in [6, 6.07) is 0. The van der Waals surface area contributed by atoms with Gasteiger partial charge in [0.2, 0.25) is 0 Å². The van der Waals surface area contributed by atoms with Crippen LogP contribution >= 0.6 is 0 Å². The number of hydrogen-bond donors (Lipinski definition) is 1. The molecule has 0 bridgehead atoms. The summed E-state index contributed by atoms with van der Waals surface area (Å²) in [6.07, 6.45) is 29.4. The second-order valence-corrected chi connectivity index (χ2v) is 6.57. The van der Waals surface area contributed by atoms with E-state index in [1.54, 1.807) is 0 Å². The molecule has 0 fully saturated rings. The van der Waals surface area contributed by atoms with Crippen LogP contribution in [0.3, 0.4) is 0 Å². The van der Waals surface area contributed by atoms with Crippen molar-refractivity contribution in [3.05, 3.63) is 60.8 Å². The zero-order chi connectivity index (χ0) is 17.2. The van der Waals surface area contributed by atoms with Crippen LogP contribution in [-0.2, 0) is 0 Å². The average Bonchev–Trinajstić information content (AvgIpc) is 2.54. The lowest BCUT2D eigenvalue weighted by Crippen LogP contribution is -2.15. The summed E-state index contributed by atoms with van der Waals surface area (Å²) < 4.78 is 0. The molecule has 0 aliphatic rings. The maximum Gasteiger partial charge on any atom is 0.0482 e. The first kappa shape index (κ1) is 21.7. The van der Waals surface area contributed by atoms with Gasteiger partial charge in [-0.1, -0.05) is 81.5 Å². The first-order valence-corrected chi connectivity index (χ1v) is 8.98. The number of aliphatic hydroxyl groups is 1. The van der Waals surface area contributed by atoms with Crippen molar-refractivity contribution in [2.45, 2.75) is 65.7 Å². The van der Waals surface area contributed by atoms with Crippen LogP contribution in [0, 0.1) is 5.41 Å². The lowest BCUT2D eigenvalue weighted by Gasteiger charge is -2.19. The van der Waals surface area contributed by atoms with E-state index in [2.05, 4.69) is 81.5 Å². The molecule has 1 heteroatoms. The van der Waals surface area contributed by atoms with E-state index in [1.165, 1.54) is 0 Å². The molecule has 0 rings (SSSR count). The van der Waals surface area contributed by atoms with E-state index in [-0.39, 0.29) is 12.0 Å². The standard InChI is InChI=1S/C22H36O/c1-4-5-6-7-8-9-10-11-12-13-14-15-16-17-18-19-20-22(2,3)21-23/h5-6,8-9,11-12,14-15,17-18,23H,4,7,10,13,16,19-21H2,1-3H3/b6-5-,9-8-,12-11-,15-14-,18-17-. The van der Waals surface area contributed by atoms with Gasteiger partial charge < -0.3 is 5.11 Å². The highest BCUT2D eigenvalue weighted by Crippen LogP contribution is 2.21. The zero-order valence-corrected chi connectivity index (χ0v) is 15.4.